The van der Waals surface area contributed by atoms with Gasteiger partial charge in [-0.3, -0.25) is 4.98 Å². The molecule has 0 saturated carbocycles. The summed E-state index contributed by atoms with van der Waals surface area (Å²) < 4.78 is 2.41. The van der Waals surface area contributed by atoms with Crippen molar-refractivity contribution in [1.82, 2.24) is 29.5 Å². The third kappa shape index (κ3) is 2.58. The number of halogens is 1. The third-order valence-corrected chi connectivity index (χ3v) is 6.34. The monoisotopic (exact) mass is 460 g/mol. The number of imidazole rings is 1. The molecule has 4 aromatic heterocycles. The van der Waals surface area contributed by atoms with Crippen LogP contribution in [0.25, 0.3) is 27.7 Å². The molecule has 9 heteroatoms. The summed E-state index contributed by atoms with van der Waals surface area (Å²) in [5.41, 5.74) is 12.2. The van der Waals surface area contributed by atoms with Crippen molar-refractivity contribution in [2.75, 3.05) is 17.2 Å². The molecule has 1 aliphatic rings. The summed E-state index contributed by atoms with van der Waals surface area (Å²) in [4.78, 5) is 19.4. The molecule has 1 aromatic carbocycles. The number of aromatic amines is 1. The summed E-state index contributed by atoms with van der Waals surface area (Å²) in [6, 6.07) is 10.2. The summed E-state index contributed by atoms with van der Waals surface area (Å²) in [7, 11) is 0. The van der Waals surface area contributed by atoms with Gasteiger partial charge in [0.05, 0.1) is 36.0 Å². The normalized spacial score (nSPS) is 13.8. The van der Waals surface area contributed by atoms with E-state index in [0.29, 0.717) is 18.0 Å². The van der Waals surface area contributed by atoms with Gasteiger partial charge in [0, 0.05) is 35.7 Å². The second-order valence-corrected chi connectivity index (χ2v) is 8.14. The number of aromatic nitrogens is 6. The second kappa shape index (κ2) is 6.53. The molecule has 0 aliphatic carbocycles. The molecule has 148 valence electrons. The number of nitrogens with one attached hydrogen (secondary N) is 1. The highest BCUT2D eigenvalue weighted by atomic mass is 79.9. The van der Waals surface area contributed by atoms with E-state index in [1.165, 1.54) is 0 Å². The van der Waals surface area contributed by atoms with Gasteiger partial charge in [0.25, 0.3) is 0 Å². The van der Waals surface area contributed by atoms with Crippen molar-refractivity contribution >= 4 is 44.1 Å². The van der Waals surface area contributed by atoms with Crippen LogP contribution in [-0.2, 0) is 13.0 Å². The van der Waals surface area contributed by atoms with E-state index in [2.05, 4.69) is 53.0 Å². The fourth-order valence-corrected chi connectivity index (χ4v) is 4.51. The number of anilines is 2. The van der Waals surface area contributed by atoms with Gasteiger partial charge >= 0.3 is 0 Å². The summed E-state index contributed by atoms with van der Waals surface area (Å²) in [5.74, 6) is 1.32. The predicted molar refractivity (Wildman–Crippen MR) is 119 cm³/mol. The Hall–Kier alpha value is -3.46. The molecule has 0 bridgehead atoms. The molecular weight excluding hydrogens is 444 g/mol. The Morgan fingerprint density at radius 3 is 2.97 bits per heavy atom. The number of para-hydroxylation sites is 1. The maximum absolute atomic E-state index is 6.43. The van der Waals surface area contributed by atoms with Gasteiger partial charge in [-0.1, -0.05) is 18.2 Å². The number of nitrogens with two attached hydrogens (primary N) is 1. The Bertz CT molecular complexity index is 1420. The number of nitrogens with zero attached hydrogens (tertiary/aromatic N) is 6. The van der Waals surface area contributed by atoms with Crippen molar-refractivity contribution in [2.24, 2.45) is 0 Å². The van der Waals surface area contributed by atoms with Crippen LogP contribution in [-0.4, -0.2) is 36.1 Å². The molecule has 0 atom stereocenters. The van der Waals surface area contributed by atoms with Crippen LogP contribution in [0, 0.1) is 0 Å². The average molecular weight is 461 g/mol. The number of hydrogen-bond acceptors (Lipinski definition) is 6. The van der Waals surface area contributed by atoms with Gasteiger partial charge in [0.15, 0.2) is 5.65 Å². The number of nitrogen functional groups attached to an aromatic ring is 1. The van der Waals surface area contributed by atoms with Gasteiger partial charge in [-0.15, -0.1) is 0 Å². The fraction of sp³-hybridized carbons (Fsp3) is 0.143. The minimum Gasteiger partial charge on any atom is -0.383 e. The first-order valence-electron chi connectivity index (χ1n) is 9.63. The Morgan fingerprint density at radius 2 is 2.03 bits per heavy atom. The molecule has 30 heavy (non-hydrogen) atoms. The van der Waals surface area contributed by atoms with Gasteiger partial charge in [0.1, 0.15) is 16.1 Å². The first-order valence-corrected chi connectivity index (χ1v) is 10.4. The summed E-state index contributed by atoms with van der Waals surface area (Å²) in [6.07, 6.45) is 6.26. The number of benzene rings is 1. The smallest absolute Gasteiger partial charge is 0.167 e. The third-order valence-electron chi connectivity index (χ3n) is 5.58. The van der Waals surface area contributed by atoms with E-state index in [9.17, 15) is 0 Å². The Kier molecular flexibility index (Phi) is 3.79. The zero-order chi connectivity index (χ0) is 20.2. The van der Waals surface area contributed by atoms with E-state index in [-0.39, 0.29) is 0 Å². The van der Waals surface area contributed by atoms with Crippen LogP contribution in [0.1, 0.15) is 11.4 Å². The maximum atomic E-state index is 6.43. The molecule has 0 unspecified atom stereocenters. The topological polar surface area (TPSA) is 101 Å². The minimum atomic E-state index is 0.519. The molecule has 0 fully saturated rings. The SMILES string of the molecule is Nc1c(Br)c(N2CCc3nc[nH]c3C2)nc2c(-c3cnc4ccccc4c3)cnn12. The summed E-state index contributed by atoms with van der Waals surface area (Å²) in [6.45, 7) is 1.53. The number of fused-ring (bicyclic) bond motifs is 3. The lowest BCUT2D eigenvalue weighted by atomic mass is 10.1. The molecule has 5 heterocycles. The molecule has 5 aromatic rings. The number of rotatable bonds is 2. The van der Waals surface area contributed by atoms with E-state index < -0.39 is 0 Å². The molecule has 6 rings (SSSR count). The maximum Gasteiger partial charge on any atom is 0.167 e. The quantitative estimate of drug-likeness (QED) is 0.417. The molecule has 1 aliphatic heterocycles. The van der Waals surface area contributed by atoms with Gasteiger partial charge in [-0.2, -0.15) is 9.61 Å². The molecule has 8 nitrogen and oxygen atoms in total. The molecule has 0 amide bonds. The highest BCUT2D eigenvalue weighted by Crippen LogP contribution is 2.36. The first-order chi connectivity index (χ1) is 14.7. The van der Waals surface area contributed by atoms with E-state index in [0.717, 1.165) is 56.7 Å². The highest BCUT2D eigenvalue weighted by molar-refractivity contribution is 9.10. The molecular formula is C21H17BrN8. The molecule has 0 radical (unpaired) electrons. The van der Waals surface area contributed by atoms with Crippen molar-refractivity contribution in [1.29, 1.82) is 0 Å². The highest BCUT2D eigenvalue weighted by Gasteiger charge is 2.24. The van der Waals surface area contributed by atoms with Gasteiger partial charge in [-0.25, -0.2) is 9.97 Å². The fourth-order valence-electron chi connectivity index (χ4n) is 4.01. The zero-order valence-electron chi connectivity index (χ0n) is 15.9. The number of hydrogen-bond donors (Lipinski definition) is 2. The van der Waals surface area contributed by atoms with Gasteiger partial charge < -0.3 is 15.6 Å². The number of H-pyrrole nitrogens is 1. The standard InChI is InChI=1S/C21H17BrN8/c22-18-19(23)30-20(28-21(18)29-6-5-16-17(10-29)26-11-25-16)14(9-27-30)13-7-12-3-1-2-4-15(12)24-8-13/h1-4,7-9,11H,5-6,10,23H2,(H,25,26). The average Bonchev–Trinajstić information content (AvgIpc) is 3.42. The molecule has 0 spiro atoms. The van der Waals surface area contributed by atoms with Crippen LogP contribution in [0.15, 0.2) is 53.5 Å². The predicted octanol–water partition coefficient (Wildman–Crippen LogP) is 3.58. The van der Waals surface area contributed by atoms with Gasteiger partial charge in [-0.05, 0) is 28.1 Å². The van der Waals surface area contributed by atoms with Crippen LogP contribution in [0.5, 0.6) is 0 Å². The lowest BCUT2D eigenvalue weighted by molar-refractivity contribution is 0.699. The van der Waals surface area contributed by atoms with E-state index in [4.69, 9.17) is 10.7 Å². The van der Waals surface area contributed by atoms with E-state index >= 15 is 0 Å². The van der Waals surface area contributed by atoms with Crippen LogP contribution >= 0.6 is 15.9 Å². The van der Waals surface area contributed by atoms with Crippen LogP contribution < -0.4 is 10.6 Å². The number of pyridine rings is 1. The van der Waals surface area contributed by atoms with Crippen LogP contribution in [0.2, 0.25) is 0 Å². The largest absolute Gasteiger partial charge is 0.383 e. The van der Waals surface area contributed by atoms with Crippen molar-refractivity contribution in [3.8, 4) is 11.1 Å². The van der Waals surface area contributed by atoms with Crippen molar-refractivity contribution in [3.05, 3.63) is 64.9 Å². The van der Waals surface area contributed by atoms with Crippen LogP contribution in [0.3, 0.4) is 0 Å². The zero-order valence-corrected chi connectivity index (χ0v) is 17.5. The van der Waals surface area contributed by atoms with Crippen LogP contribution in [0.4, 0.5) is 11.6 Å². The second-order valence-electron chi connectivity index (χ2n) is 7.34. The molecule has 0 saturated heterocycles. The molecule has 3 N–H and O–H groups in total. The van der Waals surface area contributed by atoms with Gasteiger partial charge in [0.2, 0.25) is 0 Å². The minimum absolute atomic E-state index is 0.519. The summed E-state index contributed by atoms with van der Waals surface area (Å²) in [5, 5.41) is 5.56. The lowest BCUT2D eigenvalue weighted by Gasteiger charge is -2.28. The Balaban J connectivity index is 1.50. The first kappa shape index (κ1) is 17.4. The van der Waals surface area contributed by atoms with Crippen molar-refractivity contribution in [3.63, 3.8) is 0 Å². The van der Waals surface area contributed by atoms with Crippen molar-refractivity contribution in [2.45, 2.75) is 13.0 Å². The summed E-state index contributed by atoms with van der Waals surface area (Å²) >= 11 is 3.64. The Labute approximate surface area is 179 Å². The Morgan fingerprint density at radius 1 is 1.13 bits per heavy atom. The lowest BCUT2D eigenvalue weighted by Crippen LogP contribution is -2.31. The van der Waals surface area contributed by atoms with Crippen molar-refractivity contribution < 1.29 is 0 Å². The van der Waals surface area contributed by atoms with E-state index in [1.54, 1.807) is 17.0 Å². The van der Waals surface area contributed by atoms with E-state index in [1.807, 2.05) is 24.4 Å².